The van der Waals surface area contributed by atoms with Gasteiger partial charge in [0, 0.05) is 25.7 Å². The minimum absolute atomic E-state index is 0. The molecule has 3 rings (SSSR count). The fraction of sp³-hybridized carbons (Fsp3) is 0.588. The van der Waals surface area contributed by atoms with Gasteiger partial charge in [-0.05, 0) is 37.0 Å². The summed E-state index contributed by atoms with van der Waals surface area (Å²) >= 11 is 5.94. The van der Waals surface area contributed by atoms with Crippen LogP contribution in [0, 0.1) is 0 Å². The molecule has 0 saturated carbocycles. The first-order valence-corrected chi connectivity index (χ1v) is 8.48. The van der Waals surface area contributed by atoms with Crippen LogP contribution in [0.1, 0.15) is 30.9 Å². The fourth-order valence-corrected chi connectivity index (χ4v) is 3.49. The number of guanidine groups is 1. The molecule has 2 aliphatic rings. The van der Waals surface area contributed by atoms with Crippen molar-refractivity contribution < 1.29 is 9.47 Å². The predicted molar refractivity (Wildman–Crippen MR) is 107 cm³/mol. The summed E-state index contributed by atoms with van der Waals surface area (Å²) in [5.74, 6) is 0.794. The van der Waals surface area contributed by atoms with E-state index < -0.39 is 0 Å². The van der Waals surface area contributed by atoms with E-state index in [-0.39, 0.29) is 30.1 Å². The summed E-state index contributed by atoms with van der Waals surface area (Å²) in [5.41, 5.74) is 1.09. The number of halogens is 2. The van der Waals surface area contributed by atoms with Gasteiger partial charge in [-0.3, -0.25) is 4.99 Å². The van der Waals surface area contributed by atoms with Crippen LogP contribution in [0.5, 0.6) is 0 Å². The number of benzene rings is 1. The normalized spacial score (nSPS) is 26.8. The van der Waals surface area contributed by atoms with Crippen molar-refractivity contribution in [2.45, 2.75) is 43.6 Å². The Morgan fingerprint density at radius 2 is 2.12 bits per heavy atom. The SMILES string of the molecule is CN=C(NCC(OC)c1ccc(Cl)cc1)NC1CC2CCC1O2.I. The Labute approximate surface area is 165 Å². The maximum atomic E-state index is 5.94. The lowest BCUT2D eigenvalue weighted by atomic mass is 9.96. The molecule has 0 aliphatic carbocycles. The summed E-state index contributed by atoms with van der Waals surface area (Å²) in [5, 5.41) is 7.55. The lowest BCUT2D eigenvalue weighted by Crippen LogP contribution is -2.48. The van der Waals surface area contributed by atoms with Crippen molar-refractivity contribution in [1.29, 1.82) is 0 Å². The number of hydrogen-bond acceptors (Lipinski definition) is 3. The van der Waals surface area contributed by atoms with Crippen molar-refractivity contribution in [3.8, 4) is 0 Å². The second-order valence-electron chi connectivity index (χ2n) is 6.09. The number of nitrogens with one attached hydrogen (secondary N) is 2. The fourth-order valence-electron chi connectivity index (χ4n) is 3.36. The molecule has 0 spiro atoms. The Morgan fingerprint density at radius 1 is 1.38 bits per heavy atom. The molecule has 2 saturated heterocycles. The second-order valence-corrected chi connectivity index (χ2v) is 6.53. The molecule has 1 aromatic rings. The van der Waals surface area contributed by atoms with Gasteiger partial charge in [0.05, 0.1) is 24.4 Å². The van der Waals surface area contributed by atoms with Gasteiger partial charge in [-0.15, -0.1) is 24.0 Å². The van der Waals surface area contributed by atoms with Crippen molar-refractivity contribution in [2.24, 2.45) is 4.99 Å². The van der Waals surface area contributed by atoms with Crippen molar-refractivity contribution >= 4 is 41.5 Å². The molecule has 0 aromatic heterocycles. The van der Waals surface area contributed by atoms with Gasteiger partial charge in [-0.1, -0.05) is 23.7 Å². The molecule has 4 unspecified atom stereocenters. The molecule has 7 heteroatoms. The molecular weight excluding hydrogens is 441 g/mol. The number of ether oxygens (including phenoxy) is 2. The Kier molecular flexibility index (Phi) is 7.59. The van der Waals surface area contributed by atoms with E-state index in [4.69, 9.17) is 21.1 Å². The van der Waals surface area contributed by atoms with Gasteiger partial charge in [0.2, 0.25) is 0 Å². The van der Waals surface area contributed by atoms with Crippen LogP contribution in [-0.4, -0.2) is 44.9 Å². The third kappa shape index (κ3) is 4.74. The first-order chi connectivity index (χ1) is 11.2. The van der Waals surface area contributed by atoms with Gasteiger partial charge in [-0.2, -0.15) is 0 Å². The maximum Gasteiger partial charge on any atom is 0.191 e. The van der Waals surface area contributed by atoms with Crippen molar-refractivity contribution in [1.82, 2.24) is 10.6 Å². The summed E-state index contributed by atoms with van der Waals surface area (Å²) in [6, 6.07) is 8.08. The van der Waals surface area contributed by atoms with Crippen LogP contribution >= 0.6 is 35.6 Å². The van der Waals surface area contributed by atoms with Gasteiger partial charge in [0.1, 0.15) is 0 Å². The van der Waals surface area contributed by atoms with E-state index >= 15 is 0 Å². The molecule has 0 radical (unpaired) electrons. The van der Waals surface area contributed by atoms with Crippen LogP contribution in [-0.2, 0) is 9.47 Å². The number of hydrogen-bond donors (Lipinski definition) is 2. The standard InChI is InChI=1S/C17H24ClN3O2.HI/c1-19-17(21-14-9-13-7-8-15(14)23-13)20-10-16(22-2)11-3-5-12(18)6-4-11;/h3-6,13-16H,7-10H2,1-2H3,(H2,19,20,21);1H. The van der Waals surface area contributed by atoms with E-state index in [2.05, 4.69) is 15.6 Å². The Balaban J connectivity index is 0.00000208. The summed E-state index contributed by atoms with van der Waals surface area (Å²) in [4.78, 5) is 4.31. The highest BCUT2D eigenvalue weighted by atomic mass is 127. The highest BCUT2D eigenvalue weighted by Gasteiger charge is 2.41. The van der Waals surface area contributed by atoms with Crippen LogP contribution in [0.15, 0.2) is 29.3 Å². The van der Waals surface area contributed by atoms with Crippen LogP contribution in [0.25, 0.3) is 0 Å². The maximum absolute atomic E-state index is 5.94. The van der Waals surface area contributed by atoms with E-state index in [1.807, 2.05) is 24.3 Å². The Hall–Kier alpha value is -0.570. The molecular formula is C17H25ClIN3O2. The second kappa shape index (κ2) is 9.22. The average Bonchev–Trinajstić information content (AvgIpc) is 3.18. The highest BCUT2D eigenvalue weighted by molar-refractivity contribution is 14.0. The summed E-state index contributed by atoms with van der Waals surface area (Å²) in [7, 11) is 3.49. The Morgan fingerprint density at radius 3 is 2.67 bits per heavy atom. The molecule has 0 amide bonds. The first-order valence-electron chi connectivity index (χ1n) is 8.10. The molecule has 1 aromatic carbocycles. The van der Waals surface area contributed by atoms with Gasteiger partial charge >= 0.3 is 0 Å². The van der Waals surface area contributed by atoms with Crippen molar-refractivity contribution in [3.63, 3.8) is 0 Å². The predicted octanol–water partition coefficient (Wildman–Crippen LogP) is 3.13. The molecule has 5 nitrogen and oxygen atoms in total. The lowest BCUT2D eigenvalue weighted by molar-refractivity contribution is 0.0987. The molecule has 2 heterocycles. The molecule has 2 aliphatic heterocycles. The summed E-state index contributed by atoms with van der Waals surface area (Å²) in [6.45, 7) is 0.638. The van der Waals surface area contributed by atoms with Crippen LogP contribution in [0.3, 0.4) is 0 Å². The monoisotopic (exact) mass is 465 g/mol. The topological polar surface area (TPSA) is 54.9 Å². The van der Waals surface area contributed by atoms with Gasteiger partial charge in [0.25, 0.3) is 0 Å². The van der Waals surface area contributed by atoms with Crippen LogP contribution in [0.4, 0.5) is 0 Å². The van der Waals surface area contributed by atoms with E-state index in [1.54, 1.807) is 14.2 Å². The largest absolute Gasteiger partial charge is 0.375 e. The highest BCUT2D eigenvalue weighted by Crippen LogP contribution is 2.34. The summed E-state index contributed by atoms with van der Waals surface area (Å²) < 4.78 is 11.5. The van der Waals surface area contributed by atoms with Crippen molar-refractivity contribution in [3.05, 3.63) is 34.9 Å². The van der Waals surface area contributed by atoms with E-state index in [0.717, 1.165) is 29.4 Å². The van der Waals surface area contributed by atoms with Gasteiger partial charge < -0.3 is 20.1 Å². The minimum Gasteiger partial charge on any atom is -0.375 e. The number of aliphatic imine (C=N–C) groups is 1. The lowest BCUT2D eigenvalue weighted by Gasteiger charge is -2.24. The zero-order valence-electron chi connectivity index (χ0n) is 14.0. The third-order valence-corrected chi connectivity index (χ3v) is 4.88. The molecule has 2 N–H and O–H groups in total. The molecule has 2 fully saturated rings. The number of methoxy groups -OCH3 is 1. The van der Waals surface area contributed by atoms with Gasteiger partial charge in [0.15, 0.2) is 5.96 Å². The number of nitrogens with zero attached hydrogens (tertiary/aromatic N) is 1. The van der Waals surface area contributed by atoms with E-state index in [0.29, 0.717) is 24.8 Å². The molecule has 24 heavy (non-hydrogen) atoms. The minimum atomic E-state index is -0.0536. The van der Waals surface area contributed by atoms with E-state index in [9.17, 15) is 0 Å². The number of fused-ring (bicyclic) bond motifs is 2. The molecule has 2 bridgehead atoms. The van der Waals surface area contributed by atoms with E-state index in [1.165, 1.54) is 6.42 Å². The number of rotatable bonds is 5. The summed E-state index contributed by atoms with van der Waals surface area (Å²) in [6.07, 6.45) is 4.10. The first kappa shape index (κ1) is 19.8. The van der Waals surface area contributed by atoms with Crippen molar-refractivity contribution in [2.75, 3.05) is 20.7 Å². The third-order valence-electron chi connectivity index (χ3n) is 4.63. The average molecular weight is 466 g/mol. The molecule has 4 atom stereocenters. The quantitative estimate of drug-likeness (QED) is 0.399. The zero-order valence-corrected chi connectivity index (χ0v) is 17.1. The Bertz CT molecular complexity index is 555. The smallest absolute Gasteiger partial charge is 0.191 e. The van der Waals surface area contributed by atoms with Gasteiger partial charge in [-0.25, -0.2) is 0 Å². The van der Waals surface area contributed by atoms with Crippen LogP contribution < -0.4 is 10.6 Å². The van der Waals surface area contributed by atoms with Crippen LogP contribution in [0.2, 0.25) is 5.02 Å². The molecule has 134 valence electrons. The zero-order chi connectivity index (χ0) is 16.2.